The number of hydrogen-bond donors (Lipinski definition) is 1. The molecule has 0 bridgehead atoms. The highest BCUT2D eigenvalue weighted by molar-refractivity contribution is 8.02. The third-order valence-electron chi connectivity index (χ3n) is 6.48. The second-order valence-electron chi connectivity index (χ2n) is 9.58. The van der Waals surface area contributed by atoms with E-state index in [1.54, 1.807) is 21.3 Å². The van der Waals surface area contributed by atoms with Crippen LogP contribution >= 0.6 is 23.4 Å². The predicted molar refractivity (Wildman–Crippen MR) is 142 cm³/mol. The average molecular weight is 525 g/mol. The van der Waals surface area contributed by atoms with Gasteiger partial charge in [-0.2, -0.15) is 5.26 Å². The van der Waals surface area contributed by atoms with Gasteiger partial charge in [-0.15, -0.1) is 11.8 Å². The zero-order chi connectivity index (χ0) is 26.0. The van der Waals surface area contributed by atoms with Crippen LogP contribution in [0.1, 0.15) is 43.7 Å². The van der Waals surface area contributed by atoms with Crippen LogP contribution in [-0.2, 0) is 10.5 Å². The molecular weight excluding hydrogens is 496 g/mol. The minimum atomic E-state index is -0.558. The van der Waals surface area contributed by atoms with Crippen LogP contribution in [0, 0.1) is 16.7 Å². The summed E-state index contributed by atoms with van der Waals surface area (Å²) in [6, 6.07) is 13.7. The van der Waals surface area contributed by atoms with Gasteiger partial charge in [-0.25, -0.2) is 0 Å². The molecule has 0 saturated carbocycles. The summed E-state index contributed by atoms with van der Waals surface area (Å²) in [6.07, 6.45) is 1.11. The Morgan fingerprint density at radius 3 is 2.36 bits per heavy atom. The number of allylic oxidation sites excluding steroid dienone is 3. The minimum Gasteiger partial charge on any atom is -0.493 e. The van der Waals surface area contributed by atoms with Gasteiger partial charge in [-0.3, -0.25) is 4.79 Å². The summed E-state index contributed by atoms with van der Waals surface area (Å²) in [7, 11) is 4.64. The van der Waals surface area contributed by atoms with Gasteiger partial charge in [0.2, 0.25) is 5.75 Å². The van der Waals surface area contributed by atoms with Crippen molar-refractivity contribution in [1.29, 1.82) is 5.26 Å². The number of Topliss-reactive ketones (excluding diaryl/α,β-unsaturated/α-hetero) is 1. The number of methoxy groups -OCH3 is 3. The average Bonchev–Trinajstić information content (AvgIpc) is 2.85. The van der Waals surface area contributed by atoms with Gasteiger partial charge in [0, 0.05) is 28.5 Å². The number of rotatable bonds is 7. The van der Waals surface area contributed by atoms with Crippen molar-refractivity contribution < 1.29 is 19.0 Å². The maximum Gasteiger partial charge on any atom is 0.203 e. The summed E-state index contributed by atoms with van der Waals surface area (Å²) in [5, 5.41) is 15.2. The van der Waals surface area contributed by atoms with Gasteiger partial charge < -0.3 is 19.5 Å². The zero-order valence-corrected chi connectivity index (χ0v) is 22.6. The lowest BCUT2D eigenvalue weighted by Gasteiger charge is -2.39. The number of benzene rings is 2. The Bertz CT molecular complexity index is 1280. The number of carbonyl (C=O) groups is 1. The van der Waals surface area contributed by atoms with E-state index in [2.05, 4.69) is 25.2 Å². The maximum atomic E-state index is 13.5. The predicted octanol–water partition coefficient (Wildman–Crippen LogP) is 6.36. The molecule has 2 aliphatic rings. The molecule has 0 aromatic heterocycles. The Labute approximate surface area is 221 Å². The number of nitrogens with zero attached hydrogens (tertiary/aromatic N) is 1. The number of halogens is 1. The standard InChI is InChI=1S/C28H29ClN2O4S/c1-28(2)12-20-25(21(32)13-28)24(17-10-22(33-3)26(35-5)23(11-17)34-4)18(14-30)27(31-20)36-15-16-8-6-7-9-19(16)29/h6-11,24,31H,12-13,15H2,1-5H3/t24-/m0/s1. The first kappa shape index (κ1) is 26.0. The molecule has 8 heteroatoms. The maximum absolute atomic E-state index is 13.5. The molecule has 1 aliphatic carbocycles. The smallest absolute Gasteiger partial charge is 0.203 e. The van der Waals surface area contributed by atoms with E-state index in [9.17, 15) is 10.1 Å². The molecule has 1 N–H and O–H groups in total. The molecule has 188 valence electrons. The van der Waals surface area contributed by atoms with Gasteiger partial charge in [0.25, 0.3) is 0 Å². The summed E-state index contributed by atoms with van der Waals surface area (Å²) in [4.78, 5) is 13.5. The summed E-state index contributed by atoms with van der Waals surface area (Å²) in [5.41, 5.74) is 3.48. The molecule has 0 unspecified atom stereocenters. The molecule has 0 saturated heterocycles. The fourth-order valence-electron chi connectivity index (χ4n) is 4.86. The molecule has 0 amide bonds. The molecule has 4 rings (SSSR count). The Morgan fingerprint density at radius 1 is 1.11 bits per heavy atom. The first-order valence-corrected chi connectivity index (χ1v) is 12.9. The molecule has 36 heavy (non-hydrogen) atoms. The lowest BCUT2D eigenvalue weighted by molar-refractivity contribution is -0.118. The molecule has 1 aliphatic heterocycles. The van der Waals surface area contributed by atoms with Crippen LogP contribution in [-0.4, -0.2) is 27.1 Å². The van der Waals surface area contributed by atoms with Crippen LogP contribution in [0.2, 0.25) is 5.02 Å². The lowest BCUT2D eigenvalue weighted by atomic mass is 9.69. The molecular formula is C28H29ClN2O4S. The highest BCUT2D eigenvalue weighted by atomic mass is 35.5. The zero-order valence-electron chi connectivity index (χ0n) is 21.0. The molecule has 1 atom stereocenters. The summed E-state index contributed by atoms with van der Waals surface area (Å²) in [6.45, 7) is 4.18. The summed E-state index contributed by atoms with van der Waals surface area (Å²) < 4.78 is 16.7. The van der Waals surface area contributed by atoms with E-state index >= 15 is 0 Å². The first-order chi connectivity index (χ1) is 17.2. The molecule has 2 aromatic carbocycles. The molecule has 0 radical (unpaired) electrons. The molecule has 0 spiro atoms. The number of thioether (sulfide) groups is 1. The van der Waals surface area contributed by atoms with E-state index in [1.165, 1.54) is 11.8 Å². The quantitative estimate of drug-likeness (QED) is 0.451. The van der Waals surface area contributed by atoms with Gasteiger partial charge in [-0.1, -0.05) is 43.6 Å². The lowest BCUT2D eigenvalue weighted by Crippen LogP contribution is -2.36. The number of carbonyl (C=O) groups excluding carboxylic acids is 1. The number of ether oxygens (including phenoxy) is 3. The second-order valence-corrected chi connectivity index (χ2v) is 11.0. The van der Waals surface area contributed by atoms with Crippen molar-refractivity contribution in [2.75, 3.05) is 21.3 Å². The van der Waals surface area contributed by atoms with Crippen LogP contribution in [0.4, 0.5) is 0 Å². The Balaban J connectivity index is 1.87. The van der Waals surface area contributed by atoms with Gasteiger partial charge in [0.15, 0.2) is 17.3 Å². The molecule has 0 fully saturated rings. The van der Waals surface area contributed by atoms with Gasteiger partial charge in [0.05, 0.1) is 43.9 Å². The normalized spacial score (nSPS) is 18.8. The number of dihydropyridines is 1. The fraction of sp³-hybridized carbons (Fsp3) is 0.357. The molecule has 6 nitrogen and oxygen atoms in total. The van der Waals surface area contributed by atoms with E-state index in [0.717, 1.165) is 21.9 Å². The third-order valence-corrected chi connectivity index (χ3v) is 7.91. The monoisotopic (exact) mass is 524 g/mol. The van der Waals surface area contributed by atoms with Crippen LogP contribution in [0.3, 0.4) is 0 Å². The highest BCUT2D eigenvalue weighted by Gasteiger charge is 2.42. The summed E-state index contributed by atoms with van der Waals surface area (Å²) in [5.74, 6) is 1.46. The van der Waals surface area contributed by atoms with Crippen LogP contribution < -0.4 is 19.5 Å². The van der Waals surface area contributed by atoms with Crippen LogP contribution in [0.15, 0.2) is 58.3 Å². The van der Waals surface area contributed by atoms with Gasteiger partial charge >= 0.3 is 0 Å². The van der Waals surface area contributed by atoms with E-state index < -0.39 is 5.92 Å². The largest absolute Gasteiger partial charge is 0.493 e. The SMILES string of the molecule is COc1cc([C@H]2C(C#N)=C(SCc3ccccc3Cl)NC3=C2C(=O)CC(C)(C)C3)cc(OC)c1OC. The van der Waals surface area contributed by atoms with Gasteiger partial charge in [-0.05, 0) is 41.2 Å². The second kappa shape index (κ2) is 10.5. The highest BCUT2D eigenvalue weighted by Crippen LogP contribution is 2.50. The topological polar surface area (TPSA) is 80.6 Å². The van der Waals surface area contributed by atoms with Crippen LogP contribution in [0.25, 0.3) is 0 Å². The van der Waals surface area contributed by atoms with Crippen molar-refractivity contribution in [2.45, 2.75) is 38.4 Å². The Morgan fingerprint density at radius 2 is 1.78 bits per heavy atom. The van der Waals surface area contributed by atoms with Gasteiger partial charge in [0.1, 0.15) is 0 Å². The van der Waals surface area contributed by atoms with Crippen molar-refractivity contribution in [3.63, 3.8) is 0 Å². The fourth-order valence-corrected chi connectivity index (χ4v) is 6.20. The number of nitriles is 1. The molecule has 2 aromatic rings. The third kappa shape index (κ3) is 4.93. The number of hydrogen-bond acceptors (Lipinski definition) is 7. The van der Waals surface area contributed by atoms with E-state index in [-0.39, 0.29) is 11.2 Å². The van der Waals surface area contributed by atoms with Crippen molar-refractivity contribution in [1.82, 2.24) is 5.32 Å². The van der Waals surface area contributed by atoms with Crippen LogP contribution in [0.5, 0.6) is 17.2 Å². The van der Waals surface area contributed by atoms with Crippen molar-refractivity contribution in [2.24, 2.45) is 5.41 Å². The van der Waals surface area contributed by atoms with Crippen molar-refractivity contribution >= 4 is 29.1 Å². The van der Waals surface area contributed by atoms with Crippen molar-refractivity contribution in [3.8, 4) is 23.3 Å². The summed E-state index contributed by atoms with van der Waals surface area (Å²) >= 11 is 7.90. The Hall–Kier alpha value is -3.08. The number of nitrogens with one attached hydrogen (secondary N) is 1. The molecule has 1 heterocycles. The minimum absolute atomic E-state index is 0.0374. The number of ketones is 1. The first-order valence-electron chi connectivity index (χ1n) is 11.6. The Kier molecular flexibility index (Phi) is 7.58. The van der Waals surface area contributed by atoms with Crippen molar-refractivity contribution in [3.05, 3.63) is 74.4 Å². The van der Waals surface area contributed by atoms with E-state index in [0.29, 0.717) is 52.0 Å². The van der Waals surface area contributed by atoms with E-state index in [4.69, 9.17) is 25.8 Å². The van der Waals surface area contributed by atoms with E-state index in [1.807, 2.05) is 36.4 Å².